The smallest absolute Gasteiger partial charge is 0.422 e. The van der Waals surface area contributed by atoms with Crippen molar-refractivity contribution < 1.29 is 32.9 Å². The molecule has 0 bridgehead atoms. The number of aliphatic hydroxyl groups excluding tert-OH is 1. The van der Waals surface area contributed by atoms with Gasteiger partial charge in [0, 0.05) is 12.1 Å². The molecule has 0 atom stereocenters. The fourth-order valence-corrected chi connectivity index (χ4v) is 2.72. The van der Waals surface area contributed by atoms with Crippen molar-refractivity contribution in [2.45, 2.75) is 45.8 Å². The van der Waals surface area contributed by atoms with Crippen molar-refractivity contribution in [2.75, 3.05) is 18.5 Å². The summed E-state index contributed by atoms with van der Waals surface area (Å²) in [5, 5.41) is 24.9. The van der Waals surface area contributed by atoms with Crippen LogP contribution >= 0.6 is 0 Å². The van der Waals surface area contributed by atoms with Crippen molar-refractivity contribution in [1.82, 2.24) is 14.8 Å². The topological polar surface area (TPSA) is 110 Å². The van der Waals surface area contributed by atoms with Gasteiger partial charge in [-0.1, -0.05) is 6.92 Å². The number of aromatic nitrogens is 3. The number of aliphatic hydroxyl groups is 1. The Balaban J connectivity index is 2.69. The molecular formula is C18H23F3N4O4. The molecule has 0 saturated carbocycles. The average Bonchev–Trinajstić information content (AvgIpc) is 2.97. The van der Waals surface area contributed by atoms with E-state index in [1.165, 1.54) is 4.68 Å². The molecule has 0 fully saturated rings. The molecule has 11 heteroatoms. The number of carbonyl (C=O) groups is 1. The fraction of sp³-hybridized carbons (Fsp3) is 0.500. The maximum atomic E-state index is 13.8. The Bertz CT molecular complexity index is 888. The van der Waals surface area contributed by atoms with Gasteiger partial charge in [-0.25, -0.2) is 9.48 Å². The van der Waals surface area contributed by atoms with Gasteiger partial charge in [-0.15, -0.1) is 0 Å². The normalized spacial score (nSPS) is 12.1. The third kappa shape index (κ3) is 4.78. The Kier molecular flexibility index (Phi) is 6.41. The first kappa shape index (κ1) is 22.5. The number of aromatic carboxylic acids is 1. The van der Waals surface area contributed by atoms with Gasteiger partial charge >= 0.3 is 12.1 Å². The lowest BCUT2D eigenvalue weighted by Gasteiger charge is -2.24. The molecule has 0 spiro atoms. The van der Waals surface area contributed by atoms with Gasteiger partial charge in [0.05, 0.1) is 30.2 Å². The molecule has 2 aromatic heterocycles. The number of nitrogens with zero attached hydrogens (tertiary/aromatic N) is 3. The number of nitrogens with one attached hydrogen (secondary N) is 1. The summed E-state index contributed by atoms with van der Waals surface area (Å²) in [7, 11) is 0. The molecule has 2 rings (SSSR count). The quantitative estimate of drug-likeness (QED) is 0.634. The van der Waals surface area contributed by atoms with E-state index in [1.54, 1.807) is 27.7 Å². The lowest BCUT2D eigenvalue weighted by Crippen LogP contribution is -2.24. The Morgan fingerprint density at radius 2 is 1.93 bits per heavy atom. The van der Waals surface area contributed by atoms with Gasteiger partial charge in [-0.05, 0) is 27.2 Å². The van der Waals surface area contributed by atoms with Gasteiger partial charge in [0.2, 0.25) is 5.88 Å². The molecule has 2 aromatic rings. The molecule has 3 N–H and O–H groups in total. The molecule has 0 aromatic carbocycles. The number of carboxylic acid groups (broad SMARTS) is 1. The maximum Gasteiger partial charge on any atom is 0.422 e. The Morgan fingerprint density at radius 3 is 2.41 bits per heavy atom. The Morgan fingerprint density at radius 1 is 1.28 bits per heavy atom. The number of pyridine rings is 1. The standard InChI is InChI=1S/C18H23F3N4O4/c1-5-10-14(16(27)28)24-25(17(2,3)4)15(10)29-12-9-22-8-11(23-6-7-26)13(12)18(19,20)21/h8-9,23,26H,5-7H2,1-4H3,(H,27,28). The summed E-state index contributed by atoms with van der Waals surface area (Å²) in [6, 6.07) is 0. The highest BCUT2D eigenvalue weighted by molar-refractivity contribution is 5.88. The molecule has 2 heterocycles. The number of rotatable bonds is 7. The van der Waals surface area contributed by atoms with Crippen molar-refractivity contribution in [3.05, 3.63) is 29.2 Å². The van der Waals surface area contributed by atoms with Crippen LogP contribution in [0.1, 0.15) is 49.3 Å². The van der Waals surface area contributed by atoms with Crippen LogP contribution in [-0.2, 0) is 18.1 Å². The van der Waals surface area contributed by atoms with E-state index in [2.05, 4.69) is 15.4 Å². The molecule has 8 nitrogen and oxygen atoms in total. The molecule has 0 aliphatic heterocycles. The minimum absolute atomic E-state index is 0.0935. The predicted octanol–water partition coefficient (Wildman–Crippen LogP) is 3.51. The second-order valence-electron chi connectivity index (χ2n) is 7.18. The van der Waals surface area contributed by atoms with Crippen LogP contribution in [-0.4, -0.2) is 44.1 Å². The number of anilines is 1. The minimum atomic E-state index is -4.79. The highest BCUT2D eigenvalue weighted by Gasteiger charge is 2.39. The van der Waals surface area contributed by atoms with Crippen LogP contribution in [0.4, 0.5) is 18.9 Å². The molecule has 160 valence electrons. The molecule has 0 aliphatic rings. The largest absolute Gasteiger partial charge is 0.476 e. The van der Waals surface area contributed by atoms with Crippen LogP contribution in [0.2, 0.25) is 0 Å². The molecular weight excluding hydrogens is 393 g/mol. The SMILES string of the molecule is CCc1c(C(=O)O)nn(C(C)(C)C)c1Oc1cncc(NCCO)c1C(F)(F)F. The first-order valence-corrected chi connectivity index (χ1v) is 8.85. The zero-order chi connectivity index (χ0) is 22.0. The van der Waals surface area contributed by atoms with Gasteiger partial charge in [-0.2, -0.15) is 18.3 Å². The molecule has 0 amide bonds. The van der Waals surface area contributed by atoms with Crippen molar-refractivity contribution >= 4 is 11.7 Å². The van der Waals surface area contributed by atoms with Crippen molar-refractivity contribution in [3.8, 4) is 11.6 Å². The number of ether oxygens (including phenoxy) is 1. The van der Waals surface area contributed by atoms with E-state index in [9.17, 15) is 23.1 Å². The number of hydrogen-bond acceptors (Lipinski definition) is 6. The first-order valence-electron chi connectivity index (χ1n) is 8.85. The summed E-state index contributed by atoms with van der Waals surface area (Å²) in [4.78, 5) is 15.3. The second-order valence-corrected chi connectivity index (χ2v) is 7.18. The summed E-state index contributed by atoms with van der Waals surface area (Å²) >= 11 is 0. The highest BCUT2D eigenvalue weighted by Crippen LogP contribution is 2.43. The third-order valence-corrected chi connectivity index (χ3v) is 3.96. The Hall–Kier alpha value is -2.82. The van der Waals surface area contributed by atoms with Gasteiger partial charge < -0.3 is 20.3 Å². The number of halogens is 3. The monoisotopic (exact) mass is 416 g/mol. The third-order valence-electron chi connectivity index (χ3n) is 3.96. The fourth-order valence-electron chi connectivity index (χ4n) is 2.72. The van der Waals surface area contributed by atoms with E-state index in [0.29, 0.717) is 0 Å². The van der Waals surface area contributed by atoms with Crippen LogP contribution < -0.4 is 10.1 Å². The second kappa shape index (κ2) is 8.27. The van der Waals surface area contributed by atoms with Gasteiger partial charge in [0.15, 0.2) is 11.4 Å². The number of carboxylic acids is 1. The van der Waals surface area contributed by atoms with Gasteiger partial charge in [-0.3, -0.25) is 4.98 Å². The van der Waals surface area contributed by atoms with E-state index in [4.69, 9.17) is 9.84 Å². The van der Waals surface area contributed by atoms with Crippen LogP contribution in [0.5, 0.6) is 11.6 Å². The van der Waals surface area contributed by atoms with E-state index in [1.807, 2.05) is 0 Å². The van der Waals surface area contributed by atoms with Crippen LogP contribution in [0.15, 0.2) is 12.4 Å². The predicted molar refractivity (Wildman–Crippen MR) is 98.4 cm³/mol. The van der Waals surface area contributed by atoms with Crippen LogP contribution in [0.3, 0.4) is 0 Å². The van der Waals surface area contributed by atoms with Gasteiger partial charge in [0.1, 0.15) is 5.56 Å². The highest BCUT2D eigenvalue weighted by atomic mass is 19.4. The zero-order valence-electron chi connectivity index (χ0n) is 16.5. The summed E-state index contributed by atoms with van der Waals surface area (Å²) in [6.07, 6.45) is -2.71. The molecule has 0 radical (unpaired) electrons. The lowest BCUT2D eigenvalue weighted by molar-refractivity contribution is -0.138. The van der Waals surface area contributed by atoms with Crippen LogP contribution in [0, 0.1) is 0 Å². The van der Waals surface area contributed by atoms with Crippen molar-refractivity contribution in [3.63, 3.8) is 0 Å². The van der Waals surface area contributed by atoms with Crippen molar-refractivity contribution in [2.24, 2.45) is 0 Å². The van der Waals surface area contributed by atoms with Crippen LogP contribution in [0.25, 0.3) is 0 Å². The summed E-state index contributed by atoms with van der Waals surface area (Å²) in [5.41, 5.74) is -2.34. The lowest BCUT2D eigenvalue weighted by atomic mass is 10.1. The van der Waals surface area contributed by atoms with E-state index in [-0.39, 0.29) is 42.4 Å². The molecule has 29 heavy (non-hydrogen) atoms. The maximum absolute atomic E-state index is 13.8. The zero-order valence-corrected chi connectivity index (χ0v) is 16.5. The number of hydrogen-bond donors (Lipinski definition) is 3. The molecule has 0 saturated heterocycles. The Labute approximate surface area is 165 Å². The van der Waals surface area contributed by atoms with E-state index >= 15 is 0 Å². The molecule has 0 aliphatic carbocycles. The van der Waals surface area contributed by atoms with E-state index < -0.39 is 29.0 Å². The number of alkyl halides is 3. The van der Waals surface area contributed by atoms with E-state index in [0.717, 1.165) is 12.4 Å². The first-order chi connectivity index (χ1) is 13.4. The van der Waals surface area contributed by atoms with Gasteiger partial charge in [0.25, 0.3) is 0 Å². The summed E-state index contributed by atoms with van der Waals surface area (Å²) in [6.45, 7) is 6.34. The average molecular weight is 416 g/mol. The molecule has 0 unspecified atom stereocenters. The summed E-state index contributed by atoms with van der Waals surface area (Å²) in [5.74, 6) is -2.00. The summed E-state index contributed by atoms with van der Waals surface area (Å²) < 4.78 is 48.2. The van der Waals surface area contributed by atoms with Crippen molar-refractivity contribution in [1.29, 1.82) is 0 Å². The minimum Gasteiger partial charge on any atom is -0.476 e.